The fraction of sp³-hybridized carbons (Fsp3) is 0.158. The highest BCUT2D eigenvalue weighted by Gasteiger charge is 2.17. The van der Waals surface area contributed by atoms with Gasteiger partial charge in [-0.15, -0.1) is 5.10 Å². The van der Waals surface area contributed by atoms with E-state index < -0.39 is 0 Å². The van der Waals surface area contributed by atoms with E-state index in [4.69, 9.17) is 22.1 Å². The van der Waals surface area contributed by atoms with Gasteiger partial charge < -0.3 is 10.5 Å². The summed E-state index contributed by atoms with van der Waals surface area (Å²) in [5, 5.41) is 14.4. The fourth-order valence-corrected chi connectivity index (χ4v) is 2.72. The van der Waals surface area contributed by atoms with E-state index in [1.807, 2.05) is 49.4 Å². The Hall–Kier alpha value is -2.97. The van der Waals surface area contributed by atoms with Crippen LogP contribution < -0.4 is 10.5 Å². The lowest BCUT2D eigenvalue weighted by Crippen LogP contribution is -2.06. The Kier molecular flexibility index (Phi) is 4.92. The van der Waals surface area contributed by atoms with Crippen molar-refractivity contribution in [2.75, 3.05) is 5.73 Å². The van der Waals surface area contributed by atoms with E-state index in [0.717, 1.165) is 16.7 Å². The van der Waals surface area contributed by atoms with Crippen LogP contribution >= 0.6 is 11.6 Å². The third kappa shape index (κ3) is 3.76. The quantitative estimate of drug-likeness (QED) is 0.754. The summed E-state index contributed by atoms with van der Waals surface area (Å²) in [5.41, 5.74) is 9.31. The number of nitrogen functional groups attached to an aromatic ring is 1. The van der Waals surface area contributed by atoms with Crippen LogP contribution in [0.5, 0.6) is 5.88 Å². The molecule has 1 aromatic heterocycles. The van der Waals surface area contributed by atoms with Crippen LogP contribution in [-0.4, -0.2) is 9.78 Å². The third-order valence-electron chi connectivity index (χ3n) is 3.81. The smallest absolute Gasteiger partial charge is 0.253 e. The second kappa shape index (κ2) is 7.29. The molecule has 25 heavy (non-hydrogen) atoms. The second-order valence-electron chi connectivity index (χ2n) is 5.70. The molecular weight excluding hydrogens is 336 g/mol. The Labute approximate surface area is 151 Å². The van der Waals surface area contributed by atoms with Gasteiger partial charge in [0.15, 0.2) is 5.56 Å². The van der Waals surface area contributed by atoms with Crippen LogP contribution in [0.2, 0.25) is 5.02 Å². The Balaban J connectivity index is 1.83. The summed E-state index contributed by atoms with van der Waals surface area (Å²) < 4.78 is 7.26. The number of rotatable bonds is 5. The number of hydrogen-bond acceptors (Lipinski definition) is 4. The number of ether oxygens (including phenoxy) is 1. The number of aryl methyl sites for hydroxylation is 1. The number of nitrogens with zero attached hydrogens (tertiary/aromatic N) is 3. The highest BCUT2D eigenvalue weighted by molar-refractivity contribution is 6.31. The number of hydrogen-bond donors (Lipinski definition) is 1. The van der Waals surface area contributed by atoms with Crippen LogP contribution in [-0.2, 0) is 13.2 Å². The van der Waals surface area contributed by atoms with Crippen LogP contribution in [0.15, 0.2) is 48.5 Å². The van der Waals surface area contributed by atoms with Gasteiger partial charge in [-0.25, -0.2) is 4.68 Å². The summed E-state index contributed by atoms with van der Waals surface area (Å²) in [6.45, 7) is 2.70. The number of nitrogens with two attached hydrogens (primary N) is 1. The molecule has 6 heteroatoms. The van der Waals surface area contributed by atoms with Crippen molar-refractivity contribution in [3.63, 3.8) is 0 Å². The minimum absolute atomic E-state index is 0.230. The van der Waals surface area contributed by atoms with Crippen LogP contribution in [0.25, 0.3) is 0 Å². The van der Waals surface area contributed by atoms with Crippen molar-refractivity contribution in [3.05, 3.63) is 75.8 Å². The van der Waals surface area contributed by atoms with Crippen molar-refractivity contribution in [1.29, 1.82) is 5.26 Å². The van der Waals surface area contributed by atoms with Gasteiger partial charge in [0.2, 0.25) is 0 Å². The maximum absolute atomic E-state index is 9.39. The van der Waals surface area contributed by atoms with Gasteiger partial charge in [0.1, 0.15) is 18.5 Å². The van der Waals surface area contributed by atoms with Crippen molar-refractivity contribution in [2.45, 2.75) is 20.1 Å². The number of nitriles is 1. The van der Waals surface area contributed by atoms with Crippen LogP contribution in [0, 0.1) is 18.3 Å². The lowest BCUT2D eigenvalue weighted by molar-refractivity contribution is 0.289. The highest BCUT2D eigenvalue weighted by atomic mass is 35.5. The number of benzene rings is 2. The molecule has 0 bridgehead atoms. The first-order valence-corrected chi connectivity index (χ1v) is 8.14. The van der Waals surface area contributed by atoms with Crippen molar-refractivity contribution in [1.82, 2.24) is 9.78 Å². The molecule has 0 unspecified atom stereocenters. The van der Waals surface area contributed by atoms with E-state index in [1.165, 1.54) is 4.68 Å². The first-order valence-electron chi connectivity index (χ1n) is 7.76. The molecule has 5 nitrogen and oxygen atoms in total. The average molecular weight is 353 g/mol. The lowest BCUT2D eigenvalue weighted by atomic mass is 10.1. The van der Waals surface area contributed by atoms with E-state index in [2.05, 4.69) is 11.2 Å². The topological polar surface area (TPSA) is 76.9 Å². The normalized spacial score (nSPS) is 10.4. The Morgan fingerprint density at radius 2 is 2.04 bits per heavy atom. The highest BCUT2D eigenvalue weighted by Crippen LogP contribution is 2.26. The molecule has 0 aliphatic heterocycles. The van der Waals surface area contributed by atoms with Gasteiger partial charge in [0.25, 0.3) is 5.88 Å². The average Bonchev–Trinajstić information content (AvgIpc) is 2.90. The molecule has 126 valence electrons. The summed E-state index contributed by atoms with van der Waals surface area (Å²) in [6, 6.07) is 17.5. The predicted octanol–water partition coefficient (Wildman–Crippen LogP) is 3.93. The van der Waals surface area contributed by atoms with Crippen LogP contribution in [0.1, 0.15) is 22.3 Å². The molecular formula is C19H17ClN4O. The van der Waals surface area contributed by atoms with E-state index in [1.54, 1.807) is 6.07 Å². The van der Waals surface area contributed by atoms with E-state index in [0.29, 0.717) is 18.2 Å². The zero-order valence-electron chi connectivity index (χ0n) is 13.7. The molecule has 3 aromatic rings. The van der Waals surface area contributed by atoms with E-state index >= 15 is 0 Å². The van der Waals surface area contributed by atoms with Gasteiger partial charge in [-0.1, -0.05) is 59.6 Å². The molecule has 0 aliphatic carbocycles. The first kappa shape index (κ1) is 16.9. The molecule has 0 amide bonds. The summed E-state index contributed by atoms with van der Waals surface area (Å²) in [7, 11) is 0. The maximum atomic E-state index is 9.39. The first-order chi connectivity index (χ1) is 12.1. The standard InChI is InChI=1S/C19H17ClN4O/c1-13-5-4-6-14(9-13)12-25-19-16(10-21)18(22)24(23-19)11-15-7-2-3-8-17(15)20/h2-9H,11-12,22H2,1H3. The Morgan fingerprint density at radius 3 is 2.76 bits per heavy atom. The van der Waals surface area contributed by atoms with Crippen molar-refractivity contribution in [2.24, 2.45) is 0 Å². The van der Waals surface area contributed by atoms with Crippen LogP contribution in [0.3, 0.4) is 0 Å². The second-order valence-corrected chi connectivity index (χ2v) is 6.11. The lowest BCUT2D eigenvalue weighted by Gasteiger charge is -2.06. The molecule has 0 saturated heterocycles. The SMILES string of the molecule is Cc1cccc(COc2nn(Cc3ccccc3Cl)c(N)c2C#N)c1. The molecule has 2 N–H and O–H groups in total. The van der Waals surface area contributed by atoms with Gasteiger partial charge in [-0.2, -0.15) is 5.26 Å². The fourth-order valence-electron chi connectivity index (χ4n) is 2.52. The third-order valence-corrected chi connectivity index (χ3v) is 4.18. The molecule has 2 aromatic carbocycles. The van der Waals surface area contributed by atoms with E-state index in [9.17, 15) is 5.26 Å². The summed E-state index contributed by atoms with van der Waals surface area (Å²) >= 11 is 6.18. The van der Waals surface area contributed by atoms with Crippen molar-refractivity contribution < 1.29 is 4.74 Å². The molecule has 0 aliphatic rings. The Bertz CT molecular complexity index is 943. The van der Waals surface area contributed by atoms with Crippen LogP contribution in [0.4, 0.5) is 5.82 Å². The molecule has 0 atom stereocenters. The molecule has 3 rings (SSSR count). The maximum Gasteiger partial charge on any atom is 0.253 e. The molecule has 0 spiro atoms. The zero-order valence-corrected chi connectivity index (χ0v) is 14.5. The molecule has 0 fully saturated rings. The van der Waals surface area contributed by atoms with Crippen molar-refractivity contribution >= 4 is 17.4 Å². The van der Waals surface area contributed by atoms with Gasteiger partial charge in [-0.3, -0.25) is 0 Å². The summed E-state index contributed by atoms with van der Waals surface area (Å²) in [4.78, 5) is 0. The zero-order chi connectivity index (χ0) is 17.8. The molecule has 1 heterocycles. The minimum Gasteiger partial charge on any atom is -0.471 e. The molecule has 0 radical (unpaired) electrons. The molecule has 0 saturated carbocycles. The number of aromatic nitrogens is 2. The monoisotopic (exact) mass is 352 g/mol. The Morgan fingerprint density at radius 1 is 1.24 bits per heavy atom. The predicted molar refractivity (Wildman–Crippen MR) is 97.4 cm³/mol. The number of halogens is 1. The van der Waals surface area contributed by atoms with Gasteiger partial charge >= 0.3 is 0 Å². The summed E-state index contributed by atoms with van der Waals surface area (Å²) in [6.07, 6.45) is 0. The van der Waals surface area contributed by atoms with Gasteiger partial charge in [-0.05, 0) is 24.1 Å². The minimum atomic E-state index is 0.230. The van der Waals surface area contributed by atoms with Gasteiger partial charge in [0, 0.05) is 5.02 Å². The van der Waals surface area contributed by atoms with Crippen molar-refractivity contribution in [3.8, 4) is 11.9 Å². The summed E-state index contributed by atoms with van der Waals surface area (Å²) in [5.74, 6) is 0.496. The van der Waals surface area contributed by atoms with Gasteiger partial charge in [0.05, 0.1) is 6.54 Å². The van der Waals surface area contributed by atoms with E-state index in [-0.39, 0.29) is 17.3 Å². The largest absolute Gasteiger partial charge is 0.471 e. The number of anilines is 1.